The average molecular weight is 387 g/mol. The molecule has 0 unspecified atom stereocenters. The summed E-state index contributed by atoms with van der Waals surface area (Å²) < 4.78 is 11.0. The molecule has 2 aromatic rings. The smallest absolute Gasteiger partial charge is 0.321 e. The highest BCUT2D eigenvalue weighted by atomic mass is 35.5. The van der Waals surface area contributed by atoms with Gasteiger partial charge < -0.3 is 14.8 Å². The van der Waals surface area contributed by atoms with Crippen LogP contribution in [0.3, 0.4) is 0 Å². The maximum atomic E-state index is 5.65. The lowest BCUT2D eigenvalue weighted by Gasteiger charge is -2.26. The lowest BCUT2D eigenvalue weighted by atomic mass is 10.2. The third-order valence-corrected chi connectivity index (χ3v) is 3.69. The normalized spacial score (nSPS) is 14.2. The summed E-state index contributed by atoms with van der Waals surface area (Å²) in [4.78, 5) is 10.6. The minimum Gasteiger partial charge on any atom is -0.424 e. The van der Waals surface area contributed by atoms with Crippen molar-refractivity contribution in [2.24, 2.45) is 0 Å². The van der Waals surface area contributed by atoms with E-state index >= 15 is 0 Å². The number of aromatic nitrogens is 2. The quantitative estimate of drug-likeness (QED) is 0.737. The Balaban J connectivity index is 0.00000156. The molecule has 0 aliphatic carbocycles. The molecule has 0 amide bonds. The van der Waals surface area contributed by atoms with Crippen molar-refractivity contribution < 1.29 is 9.47 Å². The number of nitrogens with zero attached hydrogens (tertiary/aromatic N) is 3. The molecule has 25 heavy (non-hydrogen) atoms. The number of hydrogen-bond acceptors (Lipinski definition) is 6. The standard InChI is InChI=1S/C17H22N4O2.2ClH/c1-3-15(14-18-7-8-21-9-11-22-12-10-21)13-16(4-1)23-17-19-5-2-6-20-17;;/h1-6,13,18H,7-12,14H2;2*1H. The Morgan fingerprint density at radius 1 is 1.08 bits per heavy atom. The SMILES string of the molecule is Cl.Cl.c1cnc(Oc2cccc(CNCCN3CCOCC3)c2)nc1. The Labute approximate surface area is 160 Å². The van der Waals surface area contributed by atoms with Crippen molar-refractivity contribution in [3.8, 4) is 11.8 Å². The zero-order valence-corrected chi connectivity index (χ0v) is 15.6. The highest BCUT2D eigenvalue weighted by molar-refractivity contribution is 5.85. The number of morpholine rings is 1. The van der Waals surface area contributed by atoms with Crippen LogP contribution in [-0.2, 0) is 11.3 Å². The number of benzene rings is 1. The third kappa shape index (κ3) is 7.54. The highest BCUT2D eigenvalue weighted by Crippen LogP contribution is 2.18. The molecule has 1 aliphatic rings. The fourth-order valence-corrected chi connectivity index (χ4v) is 2.46. The second kappa shape index (κ2) is 12.0. The first-order valence-electron chi connectivity index (χ1n) is 7.95. The van der Waals surface area contributed by atoms with Crippen LogP contribution in [0.4, 0.5) is 0 Å². The number of rotatable bonds is 7. The number of nitrogens with one attached hydrogen (secondary N) is 1. The number of ether oxygens (including phenoxy) is 2. The van der Waals surface area contributed by atoms with Gasteiger partial charge in [0.25, 0.3) is 0 Å². The second-order valence-corrected chi connectivity index (χ2v) is 5.41. The zero-order valence-electron chi connectivity index (χ0n) is 14.0. The first kappa shape index (κ1) is 21.6. The first-order chi connectivity index (χ1) is 11.4. The van der Waals surface area contributed by atoms with E-state index in [1.165, 1.54) is 5.56 Å². The van der Waals surface area contributed by atoms with Crippen LogP contribution in [0, 0.1) is 0 Å². The molecule has 138 valence electrons. The molecule has 1 saturated heterocycles. The molecule has 6 nitrogen and oxygen atoms in total. The fraction of sp³-hybridized carbons (Fsp3) is 0.412. The van der Waals surface area contributed by atoms with E-state index in [0.29, 0.717) is 6.01 Å². The van der Waals surface area contributed by atoms with Crippen LogP contribution >= 0.6 is 24.8 Å². The van der Waals surface area contributed by atoms with Crippen molar-refractivity contribution in [1.82, 2.24) is 20.2 Å². The van der Waals surface area contributed by atoms with E-state index in [-0.39, 0.29) is 24.8 Å². The molecule has 0 atom stereocenters. The fourth-order valence-electron chi connectivity index (χ4n) is 2.46. The summed E-state index contributed by atoms with van der Waals surface area (Å²) in [6.07, 6.45) is 3.33. The molecule has 3 rings (SSSR count). The summed E-state index contributed by atoms with van der Waals surface area (Å²) in [6, 6.07) is 10.1. The van der Waals surface area contributed by atoms with Gasteiger partial charge >= 0.3 is 6.01 Å². The van der Waals surface area contributed by atoms with E-state index < -0.39 is 0 Å². The molecule has 0 spiro atoms. The molecular formula is C17H24Cl2N4O2. The van der Waals surface area contributed by atoms with E-state index in [1.54, 1.807) is 18.5 Å². The maximum Gasteiger partial charge on any atom is 0.321 e. The largest absolute Gasteiger partial charge is 0.424 e. The van der Waals surface area contributed by atoms with Crippen LogP contribution in [0.25, 0.3) is 0 Å². The highest BCUT2D eigenvalue weighted by Gasteiger charge is 2.09. The lowest BCUT2D eigenvalue weighted by molar-refractivity contribution is 0.0384. The van der Waals surface area contributed by atoms with E-state index in [2.05, 4.69) is 26.3 Å². The van der Waals surface area contributed by atoms with Crippen molar-refractivity contribution in [2.75, 3.05) is 39.4 Å². The Morgan fingerprint density at radius 3 is 2.60 bits per heavy atom. The predicted octanol–water partition coefficient (Wildman–Crippen LogP) is 2.53. The predicted molar refractivity (Wildman–Crippen MR) is 102 cm³/mol. The molecule has 2 heterocycles. The summed E-state index contributed by atoms with van der Waals surface area (Å²) in [6.45, 7) is 6.59. The molecule has 0 saturated carbocycles. The van der Waals surface area contributed by atoms with E-state index in [4.69, 9.17) is 9.47 Å². The maximum absolute atomic E-state index is 5.65. The first-order valence-corrected chi connectivity index (χ1v) is 7.95. The van der Waals surface area contributed by atoms with E-state index in [0.717, 1.165) is 51.7 Å². The molecular weight excluding hydrogens is 363 g/mol. The number of hydrogen-bond donors (Lipinski definition) is 1. The lowest BCUT2D eigenvalue weighted by Crippen LogP contribution is -2.40. The van der Waals surface area contributed by atoms with Crippen molar-refractivity contribution in [1.29, 1.82) is 0 Å². The minimum atomic E-state index is 0. The molecule has 1 aliphatic heterocycles. The van der Waals surface area contributed by atoms with Crippen LogP contribution in [0.1, 0.15) is 5.56 Å². The van der Waals surface area contributed by atoms with Crippen LogP contribution in [0.2, 0.25) is 0 Å². The molecule has 1 aromatic heterocycles. The summed E-state index contributed by atoms with van der Waals surface area (Å²) in [5, 5.41) is 3.47. The van der Waals surface area contributed by atoms with Gasteiger partial charge in [0.05, 0.1) is 13.2 Å². The zero-order chi connectivity index (χ0) is 15.7. The Morgan fingerprint density at radius 2 is 1.84 bits per heavy atom. The van der Waals surface area contributed by atoms with Gasteiger partial charge in [-0.15, -0.1) is 24.8 Å². The van der Waals surface area contributed by atoms with Gasteiger partial charge in [0.1, 0.15) is 5.75 Å². The number of halogens is 2. The van der Waals surface area contributed by atoms with Gasteiger partial charge in [-0.05, 0) is 23.8 Å². The van der Waals surface area contributed by atoms with Crippen molar-refractivity contribution in [3.05, 3.63) is 48.3 Å². The summed E-state index contributed by atoms with van der Waals surface area (Å²) in [5.74, 6) is 0.753. The third-order valence-electron chi connectivity index (χ3n) is 3.69. The van der Waals surface area contributed by atoms with Gasteiger partial charge in [-0.2, -0.15) is 0 Å². The Hall–Kier alpha value is -1.44. The molecule has 0 radical (unpaired) electrons. The van der Waals surface area contributed by atoms with Crippen LogP contribution in [0.15, 0.2) is 42.7 Å². The summed E-state index contributed by atoms with van der Waals surface area (Å²) in [5.41, 5.74) is 1.18. The van der Waals surface area contributed by atoms with Crippen LogP contribution in [0.5, 0.6) is 11.8 Å². The molecule has 0 bridgehead atoms. The van der Waals surface area contributed by atoms with Crippen molar-refractivity contribution >= 4 is 24.8 Å². The molecule has 1 N–H and O–H groups in total. The second-order valence-electron chi connectivity index (χ2n) is 5.41. The van der Waals surface area contributed by atoms with Gasteiger partial charge in [0.2, 0.25) is 0 Å². The summed E-state index contributed by atoms with van der Waals surface area (Å²) >= 11 is 0. The van der Waals surface area contributed by atoms with Gasteiger partial charge in [0.15, 0.2) is 0 Å². The van der Waals surface area contributed by atoms with Crippen molar-refractivity contribution in [2.45, 2.75) is 6.54 Å². The average Bonchev–Trinajstić information content (AvgIpc) is 2.61. The van der Waals surface area contributed by atoms with Gasteiger partial charge in [-0.3, -0.25) is 4.90 Å². The Kier molecular flexibility index (Phi) is 10.4. The molecule has 8 heteroatoms. The van der Waals surface area contributed by atoms with Gasteiger partial charge in [-0.1, -0.05) is 12.1 Å². The molecule has 1 fully saturated rings. The van der Waals surface area contributed by atoms with Crippen molar-refractivity contribution in [3.63, 3.8) is 0 Å². The Bertz CT molecular complexity index is 598. The topological polar surface area (TPSA) is 59.5 Å². The van der Waals surface area contributed by atoms with Crippen LogP contribution in [-0.4, -0.2) is 54.3 Å². The van der Waals surface area contributed by atoms with E-state index in [1.807, 2.05) is 18.2 Å². The van der Waals surface area contributed by atoms with Crippen LogP contribution < -0.4 is 10.1 Å². The minimum absolute atomic E-state index is 0. The van der Waals surface area contributed by atoms with Gasteiger partial charge in [-0.25, -0.2) is 9.97 Å². The van der Waals surface area contributed by atoms with E-state index in [9.17, 15) is 0 Å². The molecule has 1 aromatic carbocycles. The summed E-state index contributed by atoms with van der Waals surface area (Å²) in [7, 11) is 0. The monoisotopic (exact) mass is 386 g/mol. The van der Waals surface area contributed by atoms with Gasteiger partial charge in [0, 0.05) is 45.1 Å².